The summed E-state index contributed by atoms with van der Waals surface area (Å²) in [4.78, 5) is 29.1. The van der Waals surface area contributed by atoms with Gasteiger partial charge in [0.2, 0.25) is 5.76 Å². The molecule has 0 aliphatic carbocycles. The summed E-state index contributed by atoms with van der Waals surface area (Å²) in [5.74, 6) is 0.696. The Balaban J connectivity index is 1.76. The SMILES string of the molecule is C=CCOc1ccc(C2c3c(oc4ccc(Br)cc4c3=O)C(=O)N2c2ccc(C)cc2)cc1OC. The van der Waals surface area contributed by atoms with Crippen molar-refractivity contribution in [3.8, 4) is 11.5 Å². The summed E-state index contributed by atoms with van der Waals surface area (Å²) in [6.07, 6.45) is 1.65. The lowest BCUT2D eigenvalue weighted by Gasteiger charge is -2.26. The van der Waals surface area contributed by atoms with Crippen molar-refractivity contribution in [2.24, 2.45) is 0 Å². The Hall–Kier alpha value is -3.84. The van der Waals surface area contributed by atoms with E-state index in [1.807, 2.05) is 37.3 Å². The second-order valence-electron chi connectivity index (χ2n) is 8.24. The van der Waals surface area contributed by atoms with Gasteiger partial charge >= 0.3 is 0 Å². The highest BCUT2D eigenvalue weighted by molar-refractivity contribution is 9.10. The first-order valence-electron chi connectivity index (χ1n) is 11.0. The Morgan fingerprint density at radius 3 is 2.54 bits per heavy atom. The lowest BCUT2D eigenvalue weighted by atomic mass is 9.97. The van der Waals surface area contributed by atoms with Gasteiger partial charge in [-0.25, -0.2) is 0 Å². The van der Waals surface area contributed by atoms with Crippen LogP contribution in [0.2, 0.25) is 0 Å². The zero-order valence-electron chi connectivity index (χ0n) is 19.2. The molecule has 0 spiro atoms. The number of aryl methyl sites for hydroxylation is 1. The molecule has 1 atom stereocenters. The number of hydrogen-bond donors (Lipinski definition) is 0. The van der Waals surface area contributed by atoms with Crippen LogP contribution in [0.15, 0.2) is 87.0 Å². The highest BCUT2D eigenvalue weighted by Gasteiger charge is 2.44. The number of anilines is 1. The van der Waals surface area contributed by atoms with E-state index < -0.39 is 6.04 Å². The molecule has 0 bridgehead atoms. The van der Waals surface area contributed by atoms with Crippen LogP contribution in [0.4, 0.5) is 5.69 Å². The van der Waals surface area contributed by atoms with Gasteiger partial charge in [0.05, 0.1) is 24.1 Å². The molecular weight excluding hydrogens is 510 g/mol. The number of halogens is 1. The van der Waals surface area contributed by atoms with Gasteiger partial charge in [-0.3, -0.25) is 14.5 Å². The van der Waals surface area contributed by atoms with Gasteiger partial charge in [0.25, 0.3) is 5.91 Å². The van der Waals surface area contributed by atoms with Gasteiger partial charge in [0.15, 0.2) is 16.9 Å². The number of ether oxygens (including phenoxy) is 2. The van der Waals surface area contributed by atoms with Gasteiger partial charge in [0, 0.05) is 10.2 Å². The van der Waals surface area contributed by atoms with Crippen LogP contribution in [0.3, 0.4) is 0 Å². The minimum absolute atomic E-state index is 0.0429. The summed E-state index contributed by atoms with van der Waals surface area (Å²) in [7, 11) is 1.55. The molecule has 7 heteroatoms. The Morgan fingerprint density at radius 1 is 1.06 bits per heavy atom. The molecule has 0 saturated carbocycles. The molecule has 5 rings (SSSR count). The van der Waals surface area contributed by atoms with E-state index in [1.165, 1.54) is 0 Å². The van der Waals surface area contributed by atoms with Gasteiger partial charge in [-0.15, -0.1) is 0 Å². The first kappa shape index (κ1) is 22.9. The van der Waals surface area contributed by atoms with E-state index in [1.54, 1.807) is 48.4 Å². The molecule has 1 amide bonds. The monoisotopic (exact) mass is 531 g/mol. The van der Waals surface area contributed by atoms with Crippen molar-refractivity contribution in [2.45, 2.75) is 13.0 Å². The fraction of sp³-hybridized carbons (Fsp3) is 0.143. The molecule has 1 aromatic heterocycles. The number of fused-ring (bicyclic) bond motifs is 2. The molecule has 6 nitrogen and oxygen atoms in total. The molecule has 0 radical (unpaired) electrons. The molecular formula is C28H22BrNO5. The molecule has 4 aromatic rings. The highest BCUT2D eigenvalue weighted by atomic mass is 79.9. The molecule has 1 aliphatic rings. The van der Waals surface area contributed by atoms with Crippen LogP contribution < -0.4 is 19.8 Å². The molecule has 0 N–H and O–H groups in total. The van der Waals surface area contributed by atoms with E-state index >= 15 is 0 Å². The number of nitrogens with zero attached hydrogens (tertiary/aromatic N) is 1. The Bertz CT molecular complexity index is 1520. The summed E-state index contributed by atoms with van der Waals surface area (Å²) in [6, 6.07) is 17.5. The molecule has 1 unspecified atom stereocenters. The summed E-state index contributed by atoms with van der Waals surface area (Å²) >= 11 is 3.43. The second-order valence-corrected chi connectivity index (χ2v) is 9.15. The quantitative estimate of drug-likeness (QED) is 0.277. The topological polar surface area (TPSA) is 69.0 Å². The summed E-state index contributed by atoms with van der Waals surface area (Å²) in [6.45, 7) is 5.97. The standard InChI is InChI=1S/C28H22BrNO5/c1-4-13-34-22-11-7-17(14-23(22)33-3)25-24-26(31)20-15-18(29)8-12-21(20)35-27(24)28(32)30(25)19-9-5-16(2)6-10-19/h4-12,14-15,25H,1,13H2,2-3H3. The van der Waals surface area contributed by atoms with Crippen molar-refractivity contribution < 1.29 is 18.7 Å². The third-order valence-electron chi connectivity index (χ3n) is 6.00. The van der Waals surface area contributed by atoms with E-state index in [-0.39, 0.29) is 17.1 Å². The van der Waals surface area contributed by atoms with Crippen LogP contribution in [-0.2, 0) is 0 Å². The number of carbonyl (C=O) groups excluding carboxylic acids is 1. The van der Waals surface area contributed by atoms with Crippen LogP contribution in [0.25, 0.3) is 11.0 Å². The third-order valence-corrected chi connectivity index (χ3v) is 6.50. The second kappa shape index (κ2) is 9.07. The number of rotatable bonds is 6. The predicted molar refractivity (Wildman–Crippen MR) is 139 cm³/mol. The van der Waals surface area contributed by atoms with Gasteiger partial charge in [-0.05, 0) is 55.0 Å². The average Bonchev–Trinajstić information content (AvgIpc) is 3.16. The van der Waals surface area contributed by atoms with Crippen LogP contribution in [0.1, 0.15) is 33.3 Å². The van der Waals surface area contributed by atoms with Crippen LogP contribution >= 0.6 is 15.9 Å². The van der Waals surface area contributed by atoms with Gasteiger partial charge in [-0.1, -0.05) is 52.3 Å². The van der Waals surface area contributed by atoms with E-state index in [4.69, 9.17) is 13.9 Å². The van der Waals surface area contributed by atoms with Gasteiger partial charge < -0.3 is 13.9 Å². The van der Waals surface area contributed by atoms with Gasteiger partial charge in [-0.2, -0.15) is 0 Å². The van der Waals surface area contributed by atoms with Crippen molar-refractivity contribution in [2.75, 3.05) is 18.6 Å². The maximum absolute atomic E-state index is 13.8. The van der Waals surface area contributed by atoms with Crippen LogP contribution in [0, 0.1) is 6.92 Å². The number of carbonyl (C=O) groups is 1. The Morgan fingerprint density at radius 2 is 1.83 bits per heavy atom. The number of methoxy groups -OCH3 is 1. The lowest BCUT2D eigenvalue weighted by Crippen LogP contribution is -2.29. The largest absolute Gasteiger partial charge is 0.493 e. The average molecular weight is 532 g/mol. The highest BCUT2D eigenvalue weighted by Crippen LogP contribution is 2.43. The fourth-order valence-electron chi connectivity index (χ4n) is 4.35. The van der Waals surface area contributed by atoms with Crippen molar-refractivity contribution in [1.82, 2.24) is 0 Å². The maximum Gasteiger partial charge on any atom is 0.295 e. The molecule has 3 aromatic carbocycles. The van der Waals surface area contributed by atoms with Crippen molar-refractivity contribution in [1.29, 1.82) is 0 Å². The predicted octanol–water partition coefficient (Wildman–Crippen LogP) is 6.19. The van der Waals surface area contributed by atoms with E-state index in [0.29, 0.717) is 45.9 Å². The first-order chi connectivity index (χ1) is 16.9. The maximum atomic E-state index is 13.8. The first-order valence-corrected chi connectivity index (χ1v) is 11.8. The Kier molecular flexibility index (Phi) is 5.94. The smallest absolute Gasteiger partial charge is 0.295 e. The van der Waals surface area contributed by atoms with Crippen LogP contribution in [-0.4, -0.2) is 19.6 Å². The normalized spacial score (nSPS) is 14.8. The minimum Gasteiger partial charge on any atom is -0.493 e. The zero-order valence-corrected chi connectivity index (χ0v) is 20.8. The molecule has 1 aliphatic heterocycles. The molecule has 176 valence electrons. The minimum atomic E-state index is -0.706. The Labute approximate surface area is 210 Å². The summed E-state index contributed by atoms with van der Waals surface area (Å²) in [5.41, 5.74) is 2.82. The van der Waals surface area contributed by atoms with Gasteiger partial charge in [0.1, 0.15) is 12.2 Å². The number of hydrogen-bond acceptors (Lipinski definition) is 5. The van der Waals surface area contributed by atoms with Crippen LogP contribution in [0.5, 0.6) is 11.5 Å². The zero-order chi connectivity index (χ0) is 24.7. The lowest BCUT2D eigenvalue weighted by molar-refractivity contribution is 0.0971. The van der Waals surface area contributed by atoms with E-state index in [0.717, 1.165) is 10.0 Å². The molecule has 0 saturated heterocycles. The fourth-order valence-corrected chi connectivity index (χ4v) is 4.72. The van der Waals surface area contributed by atoms with Crippen molar-refractivity contribution in [3.63, 3.8) is 0 Å². The van der Waals surface area contributed by atoms with E-state index in [9.17, 15) is 9.59 Å². The third kappa shape index (κ3) is 3.91. The molecule has 2 heterocycles. The van der Waals surface area contributed by atoms with E-state index in [2.05, 4.69) is 22.5 Å². The number of benzene rings is 3. The summed E-state index contributed by atoms with van der Waals surface area (Å²) < 4.78 is 18.0. The molecule has 35 heavy (non-hydrogen) atoms. The van der Waals surface area contributed by atoms with Crippen molar-refractivity contribution in [3.05, 3.63) is 110 Å². The summed E-state index contributed by atoms with van der Waals surface area (Å²) in [5, 5.41) is 0.402. The number of amides is 1. The molecule has 0 fully saturated rings. The van der Waals surface area contributed by atoms with Crippen molar-refractivity contribution >= 4 is 38.5 Å².